The zero-order valence-electron chi connectivity index (χ0n) is 8.14. The van der Waals surface area contributed by atoms with Gasteiger partial charge in [-0.3, -0.25) is 4.98 Å². The zero-order chi connectivity index (χ0) is 12.3. The molecular formula is C9H7F3INO2. The molecule has 16 heavy (non-hydrogen) atoms. The Morgan fingerprint density at radius 2 is 2.19 bits per heavy atom. The highest BCUT2D eigenvalue weighted by Gasteiger charge is 2.38. The second-order valence-corrected chi connectivity index (χ2v) is 3.90. The van der Waals surface area contributed by atoms with Gasteiger partial charge in [-0.05, 0) is 35.6 Å². The van der Waals surface area contributed by atoms with Gasteiger partial charge in [-0.1, -0.05) is 0 Å². The molecule has 0 amide bonds. The van der Waals surface area contributed by atoms with Crippen molar-refractivity contribution in [3.63, 3.8) is 0 Å². The monoisotopic (exact) mass is 345 g/mol. The summed E-state index contributed by atoms with van der Waals surface area (Å²) >= 11 is 1.64. The van der Waals surface area contributed by atoms with Crippen molar-refractivity contribution >= 4 is 28.6 Å². The topological polar surface area (TPSA) is 39.2 Å². The number of ether oxygens (including phenoxy) is 1. The van der Waals surface area contributed by atoms with E-state index in [-0.39, 0.29) is 10.2 Å². The molecule has 0 N–H and O–H groups in total. The van der Waals surface area contributed by atoms with Crippen LogP contribution in [0.3, 0.4) is 0 Å². The van der Waals surface area contributed by atoms with Crippen LogP contribution in [0.15, 0.2) is 12.3 Å². The largest absolute Gasteiger partial charge is 0.462 e. The van der Waals surface area contributed by atoms with Gasteiger partial charge in [0.2, 0.25) is 0 Å². The Kier molecular flexibility index (Phi) is 4.11. The van der Waals surface area contributed by atoms with Gasteiger partial charge in [0, 0.05) is 9.77 Å². The third kappa shape index (κ3) is 2.83. The highest BCUT2D eigenvalue weighted by Crippen LogP contribution is 2.32. The molecular weight excluding hydrogens is 338 g/mol. The molecule has 0 aliphatic carbocycles. The first-order chi connectivity index (χ1) is 7.38. The highest BCUT2D eigenvalue weighted by atomic mass is 127. The number of nitrogens with zero attached hydrogens (tertiary/aromatic N) is 1. The molecule has 1 heterocycles. The third-order valence-electron chi connectivity index (χ3n) is 1.65. The highest BCUT2D eigenvalue weighted by molar-refractivity contribution is 14.1. The Labute approximate surface area is 103 Å². The molecule has 88 valence electrons. The normalized spacial score (nSPS) is 11.3. The summed E-state index contributed by atoms with van der Waals surface area (Å²) in [5.41, 5.74) is -1.74. The molecule has 0 aliphatic rings. The molecule has 0 radical (unpaired) electrons. The van der Waals surface area contributed by atoms with Crippen LogP contribution in [-0.4, -0.2) is 17.6 Å². The van der Waals surface area contributed by atoms with Crippen molar-refractivity contribution in [1.82, 2.24) is 4.98 Å². The summed E-state index contributed by atoms with van der Waals surface area (Å²) in [6, 6.07) is 1.32. The molecule has 3 nitrogen and oxygen atoms in total. The van der Waals surface area contributed by atoms with Crippen LogP contribution in [0.5, 0.6) is 0 Å². The van der Waals surface area contributed by atoms with E-state index < -0.39 is 23.4 Å². The van der Waals surface area contributed by atoms with Crippen molar-refractivity contribution in [2.75, 3.05) is 6.61 Å². The summed E-state index contributed by atoms with van der Waals surface area (Å²) < 4.78 is 42.4. The molecule has 0 unspecified atom stereocenters. The first kappa shape index (κ1) is 13.2. The van der Waals surface area contributed by atoms with Gasteiger partial charge in [0.25, 0.3) is 0 Å². The van der Waals surface area contributed by atoms with Gasteiger partial charge >= 0.3 is 12.1 Å². The third-order valence-corrected chi connectivity index (χ3v) is 2.55. The molecule has 0 saturated heterocycles. The Morgan fingerprint density at radius 1 is 1.56 bits per heavy atom. The van der Waals surface area contributed by atoms with Crippen molar-refractivity contribution in [1.29, 1.82) is 0 Å². The van der Waals surface area contributed by atoms with E-state index in [4.69, 9.17) is 0 Å². The van der Waals surface area contributed by atoms with E-state index >= 15 is 0 Å². The lowest BCUT2D eigenvalue weighted by molar-refractivity contribution is -0.141. The van der Waals surface area contributed by atoms with Crippen molar-refractivity contribution in [2.45, 2.75) is 13.1 Å². The van der Waals surface area contributed by atoms with Crippen molar-refractivity contribution in [2.24, 2.45) is 0 Å². The molecule has 0 saturated carbocycles. The van der Waals surface area contributed by atoms with Gasteiger partial charge < -0.3 is 4.74 Å². The molecule has 0 bridgehead atoms. The quantitative estimate of drug-likeness (QED) is 0.611. The number of rotatable bonds is 2. The molecule has 0 atom stereocenters. The minimum Gasteiger partial charge on any atom is -0.462 e. The lowest BCUT2D eigenvalue weighted by Gasteiger charge is -2.11. The van der Waals surface area contributed by atoms with Crippen LogP contribution < -0.4 is 0 Å². The van der Waals surface area contributed by atoms with Crippen LogP contribution in [0, 0.1) is 3.57 Å². The lowest BCUT2D eigenvalue weighted by Crippen LogP contribution is -2.18. The number of aromatic nitrogens is 1. The first-order valence-electron chi connectivity index (χ1n) is 4.26. The Bertz CT molecular complexity index is 406. The number of alkyl halides is 3. The zero-order valence-corrected chi connectivity index (χ0v) is 10.3. The molecule has 0 spiro atoms. The summed E-state index contributed by atoms with van der Waals surface area (Å²) in [4.78, 5) is 14.5. The minimum atomic E-state index is -4.66. The fraction of sp³-hybridized carbons (Fsp3) is 0.333. The van der Waals surface area contributed by atoms with Crippen LogP contribution in [0.4, 0.5) is 13.2 Å². The fourth-order valence-corrected chi connectivity index (χ4v) is 1.69. The summed E-state index contributed by atoms with van der Waals surface area (Å²) in [6.07, 6.45) is -3.66. The maximum Gasteiger partial charge on any atom is 0.434 e. The van der Waals surface area contributed by atoms with E-state index in [1.807, 2.05) is 0 Å². The number of esters is 1. The molecule has 7 heteroatoms. The summed E-state index contributed by atoms with van der Waals surface area (Å²) in [5, 5.41) is 0. The predicted molar refractivity (Wildman–Crippen MR) is 57.9 cm³/mol. The van der Waals surface area contributed by atoms with E-state index in [1.165, 1.54) is 13.0 Å². The van der Waals surface area contributed by atoms with Gasteiger partial charge in [0.1, 0.15) is 5.56 Å². The van der Waals surface area contributed by atoms with E-state index in [0.717, 1.165) is 6.20 Å². The average Bonchev–Trinajstić information content (AvgIpc) is 2.16. The summed E-state index contributed by atoms with van der Waals surface area (Å²) in [6.45, 7) is 1.54. The fourth-order valence-electron chi connectivity index (χ4n) is 1.05. The number of pyridine rings is 1. The Balaban J connectivity index is 3.30. The van der Waals surface area contributed by atoms with Gasteiger partial charge in [0.15, 0.2) is 5.69 Å². The second kappa shape index (κ2) is 4.98. The smallest absolute Gasteiger partial charge is 0.434 e. The van der Waals surface area contributed by atoms with Gasteiger partial charge in [-0.25, -0.2) is 4.79 Å². The lowest BCUT2D eigenvalue weighted by atomic mass is 10.2. The maximum absolute atomic E-state index is 12.6. The number of hydrogen-bond donors (Lipinski definition) is 0. The van der Waals surface area contributed by atoms with Crippen molar-refractivity contribution in [3.8, 4) is 0 Å². The standard InChI is InChI=1S/C9H7F3INO2/c1-2-16-8(15)6-5(13)3-4-14-7(6)9(10,11)12/h3-4H,2H2,1H3. The van der Waals surface area contributed by atoms with E-state index in [0.29, 0.717) is 0 Å². The predicted octanol–water partition coefficient (Wildman–Crippen LogP) is 2.88. The van der Waals surface area contributed by atoms with Crippen LogP contribution in [0.25, 0.3) is 0 Å². The SMILES string of the molecule is CCOC(=O)c1c(I)ccnc1C(F)(F)F. The average molecular weight is 345 g/mol. The number of carbonyl (C=O) groups is 1. The van der Waals surface area contributed by atoms with Crippen LogP contribution in [0.2, 0.25) is 0 Å². The van der Waals surface area contributed by atoms with Gasteiger partial charge in [-0.2, -0.15) is 13.2 Å². The first-order valence-corrected chi connectivity index (χ1v) is 5.34. The van der Waals surface area contributed by atoms with Crippen molar-refractivity contribution < 1.29 is 22.7 Å². The van der Waals surface area contributed by atoms with Crippen LogP contribution in [-0.2, 0) is 10.9 Å². The number of carbonyl (C=O) groups excluding carboxylic acids is 1. The molecule has 1 aromatic rings. The second-order valence-electron chi connectivity index (χ2n) is 2.73. The summed E-state index contributed by atoms with van der Waals surface area (Å²) in [5.74, 6) is -1.01. The molecule has 0 fully saturated rings. The maximum atomic E-state index is 12.6. The van der Waals surface area contributed by atoms with E-state index in [1.54, 1.807) is 22.6 Å². The minimum absolute atomic E-state index is 0.0150. The molecule has 0 aromatic carbocycles. The summed E-state index contributed by atoms with van der Waals surface area (Å²) in [7, 11) is 0. The molecule has 0 aliphatic heterocycles. The molecule has 1 aromatic heterocycles. The Hall–Kier alpha value is -0.860. The number of hydrogen-bond acceptors (Lipinski definition) is 3. The number of halogens is 4. The molecule has 1 rings (SSSR count). The van der Waals surface area contributed by atoms with E-state index in [9.17, 15) is 18.0 Å². The van der Waals surface area contributed by atoms with Gasteiger partial charge in [-0.15, -0.1) is 0 Å². The van der Waals surface area contributed by atoms with E-state index in [2.05, 4.69) is 9.72 Å². The van der Waals surface area contributed by atoms with Gasteiger partial charge in [0.05, 0.1) is 6.61 Å². The Morgan fingerprint density at radius 3 is 2.69 bits per heavy atom. The van der Waals surface area contributed by atoms with Crippen LogP contribution >= 0.6 is 22.6 Å². The van der Waals surface area contributed by atoms with Crippen LogP contribution in [0.1, 0.15) is 23.0 Å². The van der Waals surface area contributed by atoms with Crippen molar-refractivity contribution in [3.05, 3.63) is 27.1 Å².